The van der Waals surface area contributed by atoms with Crippen molar-refractivity contribution in [1.29, 1.82) is 0 Å². The Morgan fingerprint density at radius 2 is 2.62 bits per heavy atom. The van der Waals surface area contributed by atoms with E-state index in [1.807, 2.05) is 6.20 Å². The third kappa shape index (κ3) is 0.376. The van der Waals surface area contributed by atoms with Gasteiger partial charge in [-0.25, -0.2) is 0 Å². The first kappa shape index (κ1) is 4.03. The van der Waals surface area contributed by atoms with E-state index in [9.17, 15) is 0 Å². The molecule has 3 nitrogen and oxygen atoms in total. The Balaban J connectivity index is 3.06. The minimum absolute atomic E-state index is 0.954. The lowest BCUT2D eigenvalue weighted by Crippen LogP contribution is -1.60. The summed E-state index contributed by atoms with van der Waals surface area (Å²) in [6.45, 7) is 0. The van der Waals surface area contributed by atoms with Crippen molar-refractivity contribution >= 4 is 21.7 Å². The van der Waals surface area contributed by atoms with E-state index in [0.29, 0.717) is 0 Å². The smallest absolute Gasteiger partial charge is 0.123 e. The van der Waals surface area contributed by atoms with Gasteiger partial charge in [-0.05, 0) is 11.5 Å². The predicted molar refractivity (Wildman–Crippen MR) is 31.8 cm³/mol. The maximum atomic E-state index is 3.92. The molecule has 2 aromatic heterocycles. The monoisotopic (exact) mass is 125 g/mol. The van der Waals surface area contributed by atoms with E-state index in [1.54, 1.807) is 6.20 Å². The van der Waals surface area contributed by atoms with Gasteiger partial charge in [0.05, 0.1) is 10.9 Å². The first-order valence-electron chi connectivity index (χ1n) is 2.21. The van der Waals surface area contributed by atoms with Crippen LogP contribution in [0.1, 0.15) is 0 Å². The number of nitrogens with one attached hydrogen (secondary N) is 1. The highest BCUT2D eigenvalue weighted by Crippen LogP contribution is 2.12. The molecule has 8 heavy (non-hydrogen) atoms. The average Bonchev–Trinajstić information content (AvgIpc) is 2.15. The lowest BCUT2D eigenvalue weighted by Gasteiger charge is -1.59. The van der Waals surface area contributed by atoms with Crippen LogP contribution in [0.4, 0.5) is 0 Å². The zero-order valence-electron chi connectivity index (χ0n) is 3.96. The summed E-state index contributed by atoms with van der Waals surface area (Å²) < 4.78 is 5.04. The van der Waals surface area contributed by atoms with Gasteiger partial charge in [-0.2, -0.15) is 9.47 Å². The average molecular weight is 125 g/mol. The van der Waals surface area contributed by atoms with Gasteiger partial charge in [0, 0.05) is 6.20 Å². The zero-order valence-corrected chi connectivity index (χ0v) is 4.77. The maximum Gasteiger partial charge on any atom is 0.123 e. The van der Waals surface area contributed by atoms with E-state index >= 15 is 0 Å². The Hall–Kier alpha value is -0.900. The van der Waals surface area contributed by atoms with Crippen molar-refractivity contribution in [2.75, 3.05) is 0 Å². The molecule has 2 rings (SSSR count). The van der Waals surface area contributed by atoms with Gasteiger partial charge in [-0.1, -0.05) is 0 Å². The standard InChI is InChI=1S/C4H3N3S/c1-3-4(8-6-1)2-5-7-3/h1-2H,(H,5,7). The van der Waals surface area contributed by atoms with Gasteiger partial charge in [0.25, 0.3) is 0 Å². The lowest BCUT2D eigenvalue weighted by atomic mass is 10.6. The molecule has 0 spiro atoms. The van der Waals surface area contributed by atoms with Crippen LogP contribution in [-0.2, 0) is 0 Å². The van der Waals surface area contributed by atoms with Gasteiger partial charge in [-0.3, -0.25) is 5.10 Å². The van der Waals surface area contributed by atoms with Crippen LogP contribution in [0.5, 0.6) is 0 Å². The van der Waals surface area contributed by atoms with Crippen LogP contribution in [-0.4, -0.2) is 14.6 Å². The van der Waals surface area contributed by atoms with E-state index in [1.165, 1.54) is 11.5 Å². The van der Waals surface area contributed by atoms with E-state index in [2.05, 4.69) is 14.6 Å². The number of fused-ring (bicyclic) bond motifs is 1. The number of aromatic nitrogens is 3. The normalized spacial score (nSPS) is 10.5. The first-order chi connectivity index (χ1) is 3.97. The van der Waals surface area contributed by atoms with E-state index in [0.717, 1.165) is 10.2 Å². The lowest BCUT2D eigenvalue weighted by molar-refractivity contribution is 1.12. The molecule has 0 fully saturated rings. The summed E-state index contributed by atoms with van der Waals surface area (Å²) >= 11 is 1.45. The van der Waals surface area contributed by atoms with Crippen LogP contribution < -0.4 is 0 Å². The number of nitrogens with zero attached hydrogens (tertiary/aromatic N) is 2. The summed E-state index contributed by atoms with van der Waals surface area (Å²) in [6, 6.07) is 0. The van der Waals surface area contributed by atoms with Gasteiger partial charge < -0.3 is 0 Å². The van der Waals surface area contributed by atoms with Gasteiger partial charge in [0.15, 0.2) is 0 Å². The fraction of sp³-hybridized carbons (Fsp3) is 0. The Morgan fingerprint density at radius 3 is 3.50 bits per heavy atom. The minimum Gasteiger partial charge on any atom is -0.284 e. The summed E-state index contributed by atoms with van der Waals surface area (Å²) in [7, 11) is 0. The van der Waals surface area contributed by atoms with Crippen molar-refractivity contribution in [1.82, 2.24) is 14.6 Å². The number of H-pyrrole nitrogens is 1. The number of rotatable bonds is 0. The van der Waals surface area contributed by atoms with Crippen LogP contribution in [0, 0.1) is 0 Å². The summed E-state index contributed by atoms with van der Waals surface area (Å²) in [4.78, 5) is 0. The van der Waals surface area contributed by atoms with Gasteiger partial charge in [0.2, 0.25) is 0 Å². The second-order valence-corrected chi connectivity index (χ2v) is 2.29. The Kier molecular flexibility index (Phi) is 0.648. The highest BCUT2D eigenvalue weighted by atomic mass is 32.1. The van der Waals surface area contributed by atoms with Crippen LogP contribution in [0.2, 0.25) is 0 Å². The molecule has 2 aromatic rings. The maximum absolute atomic E-state index is 3.92. The molecule has 2 heterocycles. The molecule has 0 radical (unpaired) electrons. The van der Waals surface area contributed by atoms with E-state index < -0.39 is 0 Å². The number of hydrogen-bond donors (Lipinski definition) is 1. The van der Waals surface area contributed by atoms with Crippen molar-refractivity contribution in [3.05, 3.63) is 12.4 Å². The van der Waals surface area contributed by atoms with Gasteiger partial charge in [-0.15, -0.1) is 0 Å². The highest BCUT2D eigenvalue weighted by Gasteiger charge is 1.93. The molecule has 4 heteroatoms. The quantitative estimate of drug-likeness (QED) is 0.571. The zero-order chi connectivity index (χ0) is 5.40. The molecule has 0 unspecified atom stereocenters. The van der Waals surface area contributed by atoms with E-state index in [-0.39, 0.29) is 0 Å². The molecule has 0 amide bonds. The fourth-order valence-corrected chi connectivity index (χ4v) is 1.15. The second-order valence-electron chi connectivity index (χ2n) is 1.46. The highest BCUT2D eigenvalue weighted by molar-refractivity contribution is 7.13. The molecule has 0 saturated heterocycles. The summed E-state index contributed by atoms with van der Waals surface area (Å²) in [5, 5.41) is 6.64. The Morgan fingerprint density at radius 1 is 1.62 bits per heavy atom. The van der Waals surface area contributed by atoms with Crippen LogP contribution >= 0.6 is 11.5 Å². The SMILES string of the molecule is c1nsc2c[nH]nc12. The minimum atomic E-state index is 0.954. The van der Waals surface area contributed by atoms with Crippen molar-refractivity contribution in [2.45, 2.75) is 0 Å². The molecule has 0 aromatic carbocycles. The van der Waals surface area contributed by atoms with Gasteiger partial charge >= 0.3 is 0 Å². The third-order valence-corrected chi connectivity index (χ3v) is 1.69. The number of hydrogen-bond acceptors (Lipinski definition) is 3. The van der Waals surface area contributed by atoms with Crippen molar-refractivity contribution in [3.63, 3.8) is 0 Å². The molecule has 1 N–H and O–H groups in total. The molecule has 40 valence electrons. The van der Waals surface area contributed by atoms with Crippen LogP contribution in [0.25, 0.3) is 10.2 Å². The van der Waals surface area contributed by atoms with E-state index in [4.69, 9.17) is 0 Å². The number of aromatic amines is 1. The predicted octanol–water partition coefficient (Wildman–Crippen LogP) is 1.02. The molecule has 0 aliphatic rings. The van der Waals surface area contributed by atoms with Crippen LogP contribution in [0.15, 0.2) is 12.4 Å². The molecule has 0 bridgehead atoms. The molecule has 0 aliphatic heterocycles. The first-order valence-corrected chi connectivity index (χ1v) is 2.98. The fourth-order valence-electron chi connectivity index (χ4n) is 0.588. The van der Waals surface area contributed by atoms with Gasteiger partial charge in [0.1, 0.15) is 5.52 Å². The van der Waals surface area contributed by atoms with Crippen LogP contribution in [0.3, 0.4) is 0 Å². The molecule has 0 saturated carbocycles. The molecule has 0 atom stereocenters. The second kappa shape index (κ2) is 1.29. The van der Waals surface area contributed by atoms with Crippen molar-refractivity contribution in [2.24, 2.45) is 0 Å². The summed E-state index contributed by atoms with van der Waals surface area (Å²) in [5.41, 5.74) is 0.954. The van der Waals surface area contributed by atoms with Crippen molar-refractivity contribution in [3.8, 4) is 0 Å². The third-order valence-electron chi connectivity index (χ3n) is 0.959. The topological polar surface area (TPSA) is 41.6 Å². The molecular formula is C4H3N3S. The summed E-state index contributed by atoms with van der Waals surface area (Å²) in [5.74, 6) is 0. The Bertz CT molecular complexity index is 233. The largest absolute Gasteiger partial charge is 0.284 e. The Labute approximate surface area is 49.5 Å². The van der Waals surface area contributed by atoms with Crippen molar-refractivity contribution < 1.29 is 0 Å². The molecular weight excluding hydrogens is 122 g/mol. The molecule has 0 aliphatic carbocycles. The summed E-state index contributed by atoms with van der Waals surface area (Å²) in [6.07, 6.45) is 3.59.